The molecule has 0 N–H and O–H groups in total. The van der Waals surface area contributed by atoms with E-state index in [1.165, 1.54) is 24.3 Å². The van der Waals surface area contributed by atoms with Crippen LogP contribution >= 0.6 is 0 Å². The molecule has 3 aromatic rings. The van der Waals surface area contributed by atoms with Gasteiger partial charge in [-0.3, -0.25) is 4.79 Å². The second kappa shape index (κ2) is 8.60. The maximum absolute atomic E-state index is 12.1. The number of carbonyl (C=O) groups excluding carboxylic acids is 1. The predicted molar refractivity (Wildman–Crippen MR) is 95.8 cm³/mol. The Morgan fingerprint density at radius 2 is 1.75 bits per heavy atom. The molecule has 0 radical (unpaired) electrons. The van der Waals surface area contributed by atoms with Gasteiger partial charge in [-0.2, -0.15) is 8.78 Å². The highest BCUT2D eigenvalue weighted by Crippen LogP contribution is 2.23. The van der Waals surface area contributed by atoms with Gasteiger partial charge in [0, 0.05) is 5.56 Å². The zero-order chi connectivity index (χ0) is 20.1. The molecule has 0 aliphatic rings. The summed E-state index contributed by atoms with van der Waals surface area (Å²) in [4.78, 5) is 12.1. The minimum atomic E-state index is -2.89. The van der Waals surface area contributed by atoms with Gasteiger partial charge in [0.25, 0.3) is 5.89 Å². The molecule has 0 saturated carbocycles. The van der Waals surface area contributed by atoms with Crippen molar-refractivity contribution >= 4 is 5.97 Å². The van der Waals surface area contributed by atoms with Crippen molar-refractivity contribution in [3.8, 4) is 17.2 Å². The molecule has 0 bridgehead atoms. The van der Waals surface area contributed by atoms with E-state index >= 15 is 0 Å². The third-order valence-electron chi connectivity index (χ3n) is 3.89. The summed E-state index contributed by atoms with van der Waals surface area (Å²) in [6.45, 7) is 0.712. The molecule has 0 saturated heterocycles. The molecule has 0 aliphatic heterocycles. The van der Waals surface area contributed by atoms with Crippen LogP contribution in [0.1, 0.15) is 30.0 Å². The Bertz CT molecular complexity index is 924. The summed E-state index contributed by atoms with van der Waals surface area (Å²) in [5, 5.41) is 7.91. The normalized spacial score (nSPS) is 12.0. The summed E-state index contributed by atoms with van der Waals surface area (Å²) in [6.07, 6.45) is -0.751. The maximum atomic E-state index is 12.1. The number of nitrogens with zero attached hydrogens (tertiary/aromatic N) is 2. The average Bonchev–Trinajstić information content (AvgIpc) is 3.14. The molecule has 1 aromatic heterocycles. The summed E-state index contributed by atoms with van der Waals surface area (Å²) in [6, 6.07) is 13.4. The fraction of sp³-hybridized carbons (Fsp3) is 0.250. The summed E-state index contributed by atoms with van der Waals surface area (Å²) < 4.78 is 39.5. The first-order valence-electron chi connectivity index (χ1n) is 8.54. The van der Waals surface area contributed by atoms with Crippen LogP contribution in [-0.4, -0.2) is 22.8 Å². The van der Waals surface area contributed by atoms with E-state index in [4.69, 9.17) is 9.15 Å². The van der Waals surface area contributed by atoms with Gasteiger partial charge < -0.3 is 13.9 Å². The molecule has 3 rings (SSSR count). The van der Waals surface area contributed by atoms with E-state index in [1.54, 1.807) is 6.92 Å². The molecule has 1 heterocycles. The van der Waals surface area contributed by atoms with Crippen LogP contribution in [0.3, 0.4) is 0 Å². The number of ether oxygens (including phenoxy) is 2. The molecule has 8 heteroatoms. The highest BCUT2D eigenvalue weighted by molar-refractivity contribution is 5.72. The molecule has 0 amide bonds. The zero-order valence-corrected chi connectivity index (χ0v) is 15.3. The molecular weight excluding hydrogens is 370 g/mol. The first-order chi connectivity index (χ1) is 13.4. The lowest BCUT2D eigenvalue weighted by Gasteiger charge is -2.10. The third-order valence-corrected chi connectivity index (χ3v) is 3.89. The largest absolute Gasteiger partial charge is 0.452 e. The maximum Gasteiger partial charge on any atom is 0.387 e. The fourth-order valence-corrected chi connectivity index (χ4v) is 2.46. The van der Waals surface area contributed by atoms with E-state index in [0.717, 1.165) is 11.1 Å². The van der Waals surface area contributed by atoms with Crippen molar-refractivity contribution in [3.63, 3.8) is 0 Å². The Hall–Kier alpha value is -3.29. The topological polar surface area (TPSA) is 74.5 Å². The van der Waals surface area contributed by atoms with Crippen LogP contribution in [0.2, 0.25) is 0 Å². The molecule has 0 aliphatic carbocycles. The van der Waals surface area contributed by atoms with Crippen molar-refractivity contribution in [2.75, 3.05) is 0 Å². The lowest BCUT2D eigenvalue weighted by Crippen LogP contribution is -2.11. The number of esters is 1. The lowest BCUT2D eigenvalue weighted by molar-refractivity contribution is -0.148. The van der Waals surface area contributed by atoms with E-state index in [9.17, 15) is 13.6 Å². The first kappa shape index (κ1) is 19.5. The van der Waals surface area contributed by atoms with Crippen LogP contribution < -0.4 is 4.74 Å². The number of rotatable bonds is 7. The van der Waals surface area contributed by atoms with Crippen molar-refractivity contribution in [1.29, 1.82) is 0 Å². The highest BCUT2D eigenvalue weighted by atomic mass is 19.3. The predicted octanol–water partition coefficient (Wildman–Crippen LogP) is 4.49. The number of hydrogen-bond donors (Lipinski definition) is 0. The zero-order valence-electron chi connectivity index (χ0n) is 15.3. The van der Waals surface area contributed by atoms with Crippen molar-refractivity contribution in [2.24, 2.45) is 0 Å². The van der Waals surface area contributed by atoms with Gasteiger partial charge in [0.15, 0.2) is 6.10 Å². The Morgan fingerprint density at radius 1 is 1.07 bits per heavy atom. The number of halogens is 2. The Labute approximate surface area is 160 Å². The molecule has 1 unspecified atom stereocenters. The standard InChI is InChI=1S/C20H18F2N2O4/c1-12-3-7-15(8-4-12)19-24-23-18(28-19)13(2)26-17(25)11-14-5-9-16(10-6-14)27-20(21)22/h3-10,13,20H,11H2,1-2H3. The van der Waals surface area contributed by atoms with Gasteiger partial charge in [-0.05, 0) is 43.7 Å². The van der Waals surface area contributed by atoms with Crippen LogP contribution in [-0.2, 0) is 16.0 Å². The van der Waals surface area contributed by atoms with Gasteiger partial charge in [0.2, 0.25) is 5.89 Å². The number of carbonyl (C=O) groups is 1. The van der Waals surface area contributed by atoms with Crippen molar-refractivity contribution in [2.45, 2.75) is 33.0 Å². The van der Waals surface area contributed by atoms with E-state index in [1.807, 2.05) is 31.2 Å². The summed E-state index contributed by atoms with van der Waals surface area (Å²) in [5.41, 5.74) is 2.48. The van der Waals surface area contributed by atoms with Crippen LogP contribution in [0.5, 0.6) is 5.75 Å². The summed E-state index contributed by atoms with van der Waals surface area (Å²) in [5.74, 6) is 0.0391. The minimum Gasteiger partial charge on any atom is -0.452 e. The first-order valence-corrected chi connectivity index (χ1v) is 8.54. The Balaban J connectivity index is 1.57. The number of alkyl halides is 2. The van der Waals surface area contributed by atoms with Crippen LogP contribution in [0.15, 0.2) is 52.9 Å². The minimum absolute atomic E-state index is 0.0231. The molecule has 6 nitrogen and oxygen atoms in total. The van der Waals surface area contributed by atoms with Crippen molar-refractivity contribution < 1.29 is 27.5 Å². The number of benzene rings is 2. The Kier molecular flexibility index (Phi) is 5.98. The number of aryl methyl sites for hydroxylation is 1. The second-order valence-electron chi connectivity index (χ2n) is 6.14. The van der Waals surface area contributed by atoms with Gasteiger partial charge in [0.1, 0.15) is 5.75 Å². The van der Waals surface area contributed by atoms with E-state index in [2.05, 4.69) is 14.9 Å². The molecule has 0 spiro atoms. The molecule has 28 heavy (non-hydrogen) atoms. The number of aromatic nitrogens is 2. The van der Waals surface area contributed by atoms with Gasteiger partial charge in [0.05, 0.1) is 6.42 Å². The van der Waals surface area contributed by atoms with Crippen LogP contribution in [0, 0.1) is 6.92 Å². The summed E-state index contributed by atoms with van der Waals surface area (Å²) >= 11 is 0. The average molecular weight is 388 g/mol. The molecule has 1 atom stereocenters. The van der Waals surface area contributed by atoms with E-state index < -0.39 is 18.7 Å². The van der Waals surface area contributed by atoms with Crippen molar-refractivity contribution in [3.05, 3.63) is 65.5 Å². The summed E-state index contributed by atoms with van der Waals surface area (Å²) in [7, 11) is 0. The molecule has 2 aromatic carbocycles. The third kappa shape index (κ3) is 5.12. The van der Waals surface area contributed by atoms with E-state index in [0.29, 0.717) is 11.5 Å². The fourth-order valence-electron chi connectivity index (χ4n) is 2.46. The van der Waals surface area contributed by atoms with Gasteiger partial charge in [-0.1, -0.05) is 29.8 Å². The lowest BCUT2D eigenvalue weighted by atomic mass is 10.1. The van der Waals surface area contributed by atoms with Gasteiger partial charge >= 0.3 is 12.6 Å². The molecule has 0 fully saturated rings. The van der Waals surface area contributed by atoms with Crippen LogP contribution in [0.4, 0.5) is 8.78 Å². The smallest absolute Gasteiger partial charge is 0.387 e. The van der Waals surface area contributed by atoms with Gasteiger partial charge in [-0.25, -0.2) is 0 Å². The second-order valence-corrected chi connectivity index (χ2v) is 6.14. The highest BCUT2D eigenvalue weighted by Gasteiger charge is 2.19. The SMILES string of the molecule is Cc1ccc(-c2nnc(C(C)OC(=O)Cc3ccc(OC(F)F)cc3)o2)cc1. The molecule has 146 valence electrons. The van der Waals surface area contributed by atoms with Crippen LogP contribution in [0.25, 0.3) is 11.5 Å². The quantitative estimate of drug-likeness (QED) is 0.555. The number of hydrogen-bond acceptors (Lipinski definition) is 6. The molecular formula is C20H18F2N2O4. The van der Waals surface area contributed by atoms with E-state index in [-0.39, 0.29) is 18.1 Å². The van der Waals surface area contributed by atoms with Gasteiger partial charge in [-0.15, -0.1) is 10.2 Å². The monoisotopic (exact) mass is 388 g/mol. The Morgan fingerprint density at radius 3 is 2.39 bits per heavy atom. The van der Waals surface area contributed by atoms with Crippen molar-refractivity contribution in [1.82, 2.24) is 10.2 Å².